The fraction of sp³-hybridized carbons (Fsp3) is 0.688. The lowest BCUT2D eigenvalue weighted by Gasteiger charge is -2.20. The molecule has 0 amide bonds. The molecule has 5 atom stereocenters. The lowest BCUT2D eigenvalue weighted by molar-refractivity contribution is -0.109. The van der Waals surface area contributed by atoms with Crippen LogP contribution in [0.4, 0.5) is 0 Å². The van der Waals surface area contributed by atoms with Crippen LogP contribution in [0.3, 0.4) is 0 Å². The van der Waals surface area contributed by atoms with Crippen molar-refractivity contribution in [1.82, 2.24) is 14.9 Å². The predicted molar refractivity (Wildman–Crippen MR) is 98.1 cm³/mol. The first kappa shape index (κ1) is 23.1. The van der Waals surface area contributed by atoms with Crippen LogP contribution in [-0.2, 0) is 9.53 Å². The molecule has 5 unspecified atom stereocenters. The number of carbonyl (C=O) groups excluding carboxylic acids is 1. The Morgan fingerprint density at radius 2 is 2.15 bits per heavy atom. The van der Waals surface area contributed by atoms with Crippen molar-refractivity contribution in [2.24, 2.45) is 11.5 Å². The summed E-state index contributed by atoms with van der Waals surface area (Å²) < 4.78 is 6.58. The van der Waals surface area contributed by atoms with Crippen molar-refractivity contribution in [3.63, 3.8) is 0 Å². The van der Waals surface area contributed by atoms with Crippen molar-refractivity contribution in [2.45, 2.75) is 49.8 Å². The molecule has 0 saturated carbocycles. The molecule has 0 bridgehead atoms. The Labute approximate surface area is 156 Å². The Morgan fingerprint density at radius 3 is 2.67 bits per heavy atom. The largest absolute Gasteiger partial charge is 0.394 e. The maximum Gasteiger partial charge on any atom is 0.330 e. The molecular formula is C16H29N5O6. The molecule has 0 aromatic carbocycles. The SMILES string of the molecule is CNC1C(O)C(CO)OC1n1ccc(=O)[nH]c1=O.NCCCCC(N)C=O. The molecule has 0 radical (unpaired) electrons. The average molecular weight is 387 g/mol. The summed E-state index contributed by atoms with van der Waals surface area (Å²) >= 11 is 0. The fourth-order valence-corrected chi connectivity index (χ4v) is 2.67. The van der Waals surface area contributed by atoms with E-state index in [4.69, 9.17) is 21.3 Å². The summed E-state index contributed by atoms with van der Waals surface area (Å²) in [7, 11) is 1.61. The highest BCUT2D eigenvalue weighted by molar-refractivity contribution is 5.56. The lowest BCUT2D eigenvalue weighted by Crippen LogP contribution is -2.44. The van der Waals surface area contributed by atoms with E-state index in [1.165, 1.54) is 16.8 Å². The number of aromatic amines is 1. The number of nitrogens with zero attached hydrogens (tertiary/aromatic N) is 1. The number of rotatable bonds is 8. The van der Waals surface area contributed by atoms with E-state index in [1.54, 1.807) is 7.05 Å². The zero-order chi connectivity index (χ0) is 20.4. The van der Waals surface area contributed by atoms with Crippen molar-refractivity contribution in [2.75, 3.05) is 20.2 Å². The van der Waals surface area contributed by atoms with Gasteiger partial charge in [-0.3, -0.25) is 14.3 Å². The Balaban J connectivity index is 0.000000345. The normalized spacial score (nSPS) is 25.5. The molecular weight excluding hydrogens is 358 g/mol. The highest BCUT2D eigenvalue weighted by Gasteiger charge is 2.43. The number of hydrogen-bond acceptors (Lipinski definition) is 9. The molecule has 1 aliphatic heterocycles. The number of likely N-dealkylation sites (N-methyl/N-ethyl adjacent to an activating group) is 1. The fourth-order valence-electron chi connectivity index (χ4n) is 2.67. The molecule has 2 rings (SSSR count). The van der Waals surface area contributed by atoms with Gasteiger partial charge in [0.05, 0.1) is 18.7 Å². The van der Waals surface area contributed by atoms with Gasteiger partial charge in [-0.05, 0) is 26.4 Å². The van der Waals surface area contributed by atoms with Crippen LogP contribution in [-0.4, -0.2) is 70.5 Å². The first-order chi connectivity index (χ1) is 12.9. The molecule has 154 valence electrons. The molecule has 11 heteroatoms. The third kappa shape index (κ3) is 6.65. The van der Waals surface area contributed by atoms with E-state index < -0.39 is 35.7 Å². The van der Waals surface area contributed by atoms with Crippen LogP contribution in [0, 0.1) is 0 Å². The van der Waals surface area contributed by atoms with Crippen molar-refractivity contribution < 1.29 is 19.7 Å². The van der Waals surface area contributed by atoms with Gasteiger partial charge in [0, 0.05) is 12.3 Å². The van der Waals surface area contributed by atoms with Crippen molar-refractivity contribution in [1.29, 1.82) is 0 Å². The summed E-state index contributed by atoms with van der Waals surface area (Å²) in [6.45, 7) is 0.333. The summed E-state index contributed by atoms with van der Waals surface area (Å²) in [6, 6.07) is 0.359. The quantitative estimate of drug-likeness (QED) is 0.200. The molecule has 0 aliphatic carbocycles. The second kappa shape index (κ2) is 11.7. The number of nitrogens with two attached hydrogens (primary N) is 2. The smallest absolute Gasteiger partial charge is 0.330 e. The molecule has 0 spiro atoms. The van der Waals surface area contributed by atoms with Crippen LogP contribution in [0.2, 0.25) is 0 Å². The number of hydrogen-bond donors (Lipinski definition) is 6. The van der Waals surface area contributed by atoms with E-state index >= 15 is 0 Å². The van der Waals surface area contributed by atoms with Gasteiger partial charge >= 0.3 is 5.69 Å². The van der Waals surface area contributed by atoms with Gasteiger partial charge in [-0.25, -0.2) is 4.79 Å². The number of H-pyrrole nitrogens is 1. The van der Waals surface area contributed by atoms with E-state index in [0.29, 0.717) is 6.54 Å². The van der Waals surface area contributed by atoms with Gasteiger partial charge in [0.15, 0.2) is 6.23 Å². The highest BCUT2D eigenvalue weighted by Crippen LogP contribution is 2.27. The first-order valence-electron chi connectivity index (χ1n) is 8.73. The number of aromatic nitrogens is 2. The summed E-state index contributed by atoms with van der Waals surface area (Å²) in [5.41, 5.74) is 9.40. The lowest BCUT2D eigenvalue weighted by atomic mass is 10.1. The summed E-state index contributed by atoms with van der Waals surface area (Å²) in [6.07, 6.45) is 2.25. The first-order valence-corrected chi connectivity index (χ1v) is 8.73. The van der Waals surface area contributed by atoms with Crippen LogP contribution in [0.1, 0.15) is 25.5 Å². The predicted octanol–water partition coefficient (Wildman–Crippen LogP) is -2.98. The number of nitrogens with one attached hydrogen (secondary N) is 2. The molecule has 1 aliphatic rings. The third-order valence-corrected chi connectivity index (χ3v) is 4.18. The maximum absolute atomic E-state index is 11.6. The molecule has 2 heterocycles. The van der Waals surface area contributed by atoms with Crippen molar-refractivity contribution in [3.05, 3.63) is 33.1 Å². The second-order valence-electron chi connectivity index (χ2n) is 6.15. The molecule has 1 aromatic heterocycles. The zero-order valence-corrected chi connectivity index (χ0v) is 15.3. The number of aliphatic hydroxyl groups excluding tert-OH is 2. The van der Waals surface area contributed by atoms with Crippen LogP contribution < -0.4 is 28.0 Å². The van der Waals surface area contributed by atoms with Crippen LogP contribution >= 0.6 is 0 Å². The zero-order valence-electron chi connectivity index (χ0n) is 15.3. The minimum atomic E-state index is -0.941. The Bertz CT molecular complexity index is 678. The minimum absolute atomic E-state index is 0.281. The molecule has 1 fully saturated rings. The Morgan fingerprint density at radius 1 is 1.44 bits per heavy atom. The van der Waals surface area contributed by atoms with Gasteiger partial charge in [0.1, 0.15) is 18.5 Å². The Kier molecular flexibility index (Phi) is 10.1. The number of aliphatic hydroxyl groups is 2. The van der Waals surface area contributed by atoms with Gasteiger partial charge in [-0.1, -0.05) is 6.42 Å². The van der Waals surface area contributed by atoms with E-state index in [1.807, 2.05) is 0 Å². The molecule has 8 N–H and O–H groups in total. The van der Waals surface area contributed by atoms with Gasteiger partial charge < -0.3 is 36.5 Å². The van der Waals surface area contributed by atoms with Crippen molar-refractivity contribution in [3.8, 4) is 0 Å². The van der Waals surface area contributed by atoms with Gasteiger partial charge in [-0.15, -0.1) is 0 Å². The second-order valence-corrected chi connectivity index (χ2v) is 6.15. The van der Waals surface area contributed by atoms with E-state index in [-0.39, 0.29) is 12.6 Å². The minimum Gasteiger partial charge on any atom is -0.394 e. The molecule has 1 saturated heterocycles. The maximum atomic E-state index is 11.6. The Hall–Kier alpha value is -1.89. The average Bonchev–Trinajstić information content (AvgIpc) is 2.97. The topological polar surface area (TPSA) is 186 Å². The molecule has 27 heavy (non-hydrogen) atoms. The van der Waals surface area contributed by atoms with Crippen LogP contribution in [0.5, 0.6) is 0 Å². The number of aldehydes is 1. The summed E-state index contributed by atoms with van der Waals surface area (Å²) in [5, 5.41) is 21.8. The number of unbranched alkanes of at least 4 members (excludes halogenated alkanes) is 1. The molecule has 11 nitrogen and oxygen atoms in total. The van der Waals surface area contributed by atoms with Crippen molar-refractivity contribution >= 4 is 6.29 Å². The number of ether oxygens (including phenoxy) is 1. The van der Waals surface area contributed by atoms with Gasteiger partial charge in [0.25, 0.3) is 5.56 Å². The van der Waals surface area contributed by atoms with Gasteiger partial charge in [-0.2, -0.15) is 0 Å². The van der Waals surface area contributed by atoms with E-state index in [9.17, 15) is 19.5 Å². The number of carbonyl (C=O) groups is 1. The summed E-state index contributed by atoms with van der Waals surface area (Å²) in [5.74, 6) is 0. The summed E-state index contributed by atoms with van der Waals surface area (Å²) in [4.78, 5) is 34.7. The standard InChI is InChI=1S/C10H15N3O5.C6H14N2O/c1-11-7-8(16)5(4-14)18-9(7)13-3-2-6(15)12-10(13)17;7-4-2-1-3-6(8)5-9/h2-3,5,7-9,11,14,16H,4H2,1H3,(H,12,15,17);5-6H,1-4,7-8H2. The van der Waals surface area contributed by atoms with E-state index in [2.05, 4.69) is 10.3 Å². The highest BCUT2D eigenvalue weighted by atomic mass is 16.5. The third-order valence-electron chi connectivity index (χ3n) is 4.18. The molecule has 1 aromatic rings. The van der Waals surface area contributed by atoms with Gasteiger partial charge in [0.2, 0.25) is 0 Å². The monoisotopic (exact) mass is 387 g/mol. The van der Waals surface area contributed by atoms with E-state index in [0.717, 1.165) is 25.5 Å². The van der Waals surface area contributed by atoms with Crippen LogP contribution in [0.15, 0.2) is 21.9 Å². The van der Waals surface area contributed by atoms with Crippen LogP contribution in [0.25, 0.3) is 0 Å².